The van der Waals surface area contributed by atoms with E-state index in [0.717, 1.165) is 16.3 Å². The number of nitrogens with one attached hydrogen (secondary N) is 11. The summed E-state index contributed by atoms with van der Waals surface area (Å²) in [6.45, 7) is 10.9. The van der Waals surface area contributed by atoms with Crippen molar-refractivity contribution in [2.75, 3.05) is 32.8 Å². The minimum absolute atomic E-state index is 0.0339. The first-order chi connectivity index (χ1) is 51.3. The monoisotopic (exact) mass is 1490 g/mol. The summed E-state index contributed by atoms with van der Waals surface area (Å²) < 4.78 is 0. The van der Waals surface area contributed by atoms with Crippen LogP contribution in [-0.4, -0.2) is 189 Å². The normalized spacial score (nSPS) is 15.0. The molecule has 0 unspecified atom stereocenters. The van der Waals surface area contributed by atoms with Crippen molar-refractivity contribution in [1.82, 2.24) is 73.4 Å². The summed E-state index contributed by atoms with van der Waals surface area (Å²) in [5.74, 6) is -8.44. The number of hydrogen-bond acceptors (Lipinski definition) is 16. The van der Waals surface area contributed by atoms with Gasteiger partial charge in [0.2, 0.25) is 65.0 Å². The average Bonchev–Trinajstić information content (AvgIpc) is 1.81. The number of nitrogens with two attached hydrogens (primary N) is 1. The number of hydrogen-bond donors (Lipinski definition) is 14. The van der Waals surface area contributed by atoms with E-state index in [-0.39, 0.29) is 69.6 Å². The van der Waals surface area contributed by atoms with Crippen molar-refractivity contribution in [3.8, 4) is 5.75 Å². The van der Waals surface area contributed by atoms with Crippen molar-refractivity contribution in [3.63, 3.8) is 0 Å². The van der Waals surface area contributed by atoms with Gasteiger partial charge < -0.3 is 79.3 Å². The number of guanidine groups is 1. The van der Waals surface area contributed by atoms with Gasteiger partial charge in [-0.25, -0.2) is 0 Å². The maximum absolute atomic E-state index is 15.1. The predicted molar refractivity (Wildman–Crippen MR) is 403 cm³/mol. The lowest BCUT2D eigenvalue weighted by atomic mass is 9.97. The quantitative estimate of drug-likeness (QED) is 0.0149. The molecule has 0 spiro atoms. The molecule has 2 aromatic heterocycles. The highest BCUT2D eigenvalue weighted by Gasteiger charge is 2.40. The zero-order valence-electron chi connectivity index (χ0n) is 61.1. The third-order valence-electron chi connectivity index (χ3n) is 17.8. The maximum atomic E-state index is 15.1. The summed E-state index contributed by atoms with van der Waals surface area (Å²) in [6, 6.07) is 18.2. The Morgan fingerprint density at radius 2 is 1.03 bits per heavy atom. The first-order valence-electron chi connectivity index (χ1n) is 36.0. The molecule has 7 rings (SSSR count). The summed E-state index contributed by atoms with van der Waals surface area (Å²) in [4.78, 5) is 171. The fourth-order valence-corrected chi connectivity index (χ4v) is 12.4. The lowest BCUT2D eigenvalue weighted by Gasteiger charge is -2.31. The molecule has 0 radical (unpaired) electrons. The molecule has 29 nitrogen and oxygen atoms in total. The molecule has 6 aromatic rings. The highest BCUT2D eigenvalue weighted by molar-refractivity contribution is 6.30. The molecule has 572 valence electrons. The molecule has 10 atom stereocenters. The second-order valence-corrected chi connectivity index (χ2v) is 27.2. The standard InChI is InChI=1S/C77H99ClN16O13/c1-7-82-77(83-8-2)84-35-12-11-23-58(76(107)94-36-16-24-66(94)75(106)85-47(5)67(79)98)87-68(99)59(37-46(3)4)88-71(102)62(40-51-17-14-33-80-43-51)90-70(101)61(39-50-27-31-56(97)32-28-50)92-74(105)65(45-95)93-72(103)63(41-52-18-15-34-81-44-52)91-69(100)60(38-49-25-29-55(78)30-26-49)89-73(104)64(86-48(6)96)42-54-21-13-20-53-19-9-10-22-57(53)54/h9-10,13-15,17-22,25-34,43-44,46-47,58-66,95,97H,7-8,11-12,16,23-24,35-42,45H2,1-6H3,(H2,79,98)(H,85,106)(H,86,96)(H,87,99)(H,88,102)(H,89,104)(H,90,101)(H,91,100)(H,92,105)(H,93,103)(H2,82,83,84)/t47-,58+,59+,60-,61+,62-,63-,64-,65+,66+/m1/s1. The molecule has 107 heavy (non-hydrogen) atoms. The molecule has 1 saturated heterocycles. The van der Waals surface area contributed by atoms with E-state index in [9.17, 15) is 53.4 Å². The molecular weight excluding hydrogens is 1390 g/mol. The number of carbonyl (C=O) groups is 11. The molecule has 1 aliphatic heterocycles. The van der Waals surface area contributed by atoms with Crippen LogP contribution in [0.3, 0.4) is 0 Å². The Morgan fingerprint density at radius 3 is 1.53 bits per heavy atom. The number of nitrogens with zero attached hydrogens (tertiary/aromatic N) is 4. The fraction of sp³-hybridized carbons (Fsp3) is 0.429. The largest absolute Gasteiger partial charge is 0.508 e. The molecule has 1 fully saturated rings. The number of fused-ring (bicyclic) bond motifs is 1. The van der Waals surface area contributed by atoms with Gasteiger partial charge in [-0.05, 0) is 140 Å². The van der Waals surface area contributed by atoms with Crippen molar-refractivity contribution < 1.29 is 63.0 Å². The number of halogens is 1. The number of aromatic nitrogens is 2. The second kappa shape index (κ2) is 42.2. The number of aromatic hydroxyl groups is 1. The molecule has 4 aromatic carbocycles. The molecule has 11 amide bonds. The van der Waals surface area contributed by atoms with Crippen LogP contribution in [0.2, 0.25) is 5.02 Å². The van der Waals surface area contributed by atoms with Gasteiger partial charge in [0, 0.05) is 95.0 Å². The highest BCUT2D eigenvalue weighted by atomic mass is 35.5. The van der Waals surface area contributed by atoms with E-state index >= 15 is 9.59 Å². The molecule has 0 aliphatic carbocycles. The lowest BCUT2D eigenvalue weighted by Crippen LogP contribution is -2.62. The number of rotatable bonds is 39. The first-order valence-corrected chi connectivity index (χ1v) is 36.4. The fourth-order valence-electron chi connectivity index (χ4n) is 12.3. The SMILES string of the molecule is CCNC(=NCCCC[C@H](NC(=O)[C@H](CC(C)C)NC(=O)[C@@H](Cc1cccnc1)NC(=O)[C@H](Cc1ccc(O)cc1)NC(=O)[C@H](CO)NC(=O)[C@@H](Cc1cccnc1)NC(=O)[C@@H](Cc1ccc(Cl)cc1)NC(=O)[C@@H](Cc1cccc2ccccc12)NC(C)=O)C(=O)N1CCC[C@H]1C(=O)N[C@H](C)C(N)=O)NCC. The van der Waals surface area contributed by atoms with Crippen LogP contribution in [0.25, 0.3) is 10.8 Å². The van der Waals surface area contributed by atoms with Gasteiger partial charge in [0.25, 0.3) is 0 Å². The highest BCUT2D eigenvalue weighted by Crippen LogP contribution is 2.23. The molecule has 0 bridgehead atoms. The number of pyridine rings is 2. The lowest BCUT2D eigenvalue weighted by molar-refractivity contribution is -0.142. The van der Waals surface area contributed by atoms with Gasteiger partial charge >= 0.3 is 0 Å². The Balaban J connectivity index is 1.14. The average molecular weight is 1490 g/mol. The number of aliphatic hydroxyl groups excluding tert-OH is 1. The minimum atomic E-state index is -1.82. The van der Waals surface area contributed by atoms with Gasteiger partial charge in [-0.15, -0.1) is 0 Å². The smallest absolute Gasteiger partial charge is 0.245 e. The van der Waals surface area contributed by atoms with Gasteiger partial charge in [0.15, 0.2) is 5.96 Å². The predicted octanol–water partition coefficient (Wildman–Crippen LogP) is 2.17. The summed E-state index contributed by atoms with van der Waals surface area (Å²) in [5, 5.41) is 54.2. The second-order valence-electron chi connectivity index (χ2n) is 26.8. The number of benzene rings is 4. The first kappa shape index (κ1) is 83.2. The van der Waals surface area contributed by atoms with Crippen LogP contribution in [-0.2, 0) is 84.8 Å². The molecule has 0 saturated carbocycles. The van der Waals surface area contributed by atoms with Crippen LogP contribution in [0, 0.1) is 5.92 Å². The number of phenolic OH excluding ortho intramolecular Hbond substituents is 1. The molecule has 15 N–H and O–H groups in total. The van der Waals surface area contributed by atoms with E-state index in [1.54, 1.807) is 48.5 Å². The van der Waals surface area contributed by atoms with Gasteiger partial charge in [0.1, 0.15) is 66.2 Å². The zero-order chi connectivity index (χ0) is 77.5. The summed E-state index contributed by atoms with van der Waals surface area (Å²) in [6.07, 6.45) is 6.81. The molecule has 1 aliphatic rings. The van der Waals surface area contributed by atoms with Crippen LogP contribution in [0.1, 0.15) is 108 Å². The Labute approximate surface area is 627 Å². The van der Waals surface area contributed by atoms with Crippen LogP contribution in [0.4, 0.5) is 0 Å². The number of phenols is 1. The number of amides is 11. The summed E-state index contributed by atoms with van der Waals surface area (Å²) in [5.41, 5.74) is 8.06. The zero-order valence-corrected chi connectivity index (χ0v) is 61.8. The number of aliphatic imine (C=N–C) groups is 1. The number of aliphatic hydroxyl groups is 1. The summed E-state index contributed by atoms with van der Waals surface area (Å²) in [7, 11) is 0. The topological polar surface area (TPSA) is 428 Å². The number of likely N-dealkylation sites (tertiary alicyclic amines) is 1. The van der Waals surface area contributed by atoms with Crippen molar-refractivity contribution >= 4 is 93.3 Å². The Kier molecular flexibility index (Phi) is 32.8. The van der Waals surface area contributed by atoms with E-state index in [1.807, 2.05) is 70.2 Å². The Morgan fingerprint density at radius 1 is 0.551 bits per heavy atom. The molecule has 30 heteroatoms. The molecular formula is C77H99ClN16O13. The van der Waals surface area contributed by atoms with E-state index in [1.165, 1.54) is 67.8 Å². The van der Waals surface area contributed by atoms with E-state index < -0.39 is 132 Å². The van der Waals surface area contributed by atoms with Crippen LogP contribution in [0.15, 0.2) is 145 Å². The Hall–Kier alpha value is -11.1. The van der Waals surface area contributed by atoms with Crippen LogP contribution < -0.4 is 64.2 Å². The number of unbranched alkanes of at least 4 members (excludes halogenated alkanes) is 1. The Bertz CT molecular complexity index is 4010. The third-order valence-corrected chi connectivity index (χ3v) is 18.1. The minimum Gasteiger partial charge on any atom is -0.508 e. The van der Waals surface area contributed by atoms with E-state index in [4.69, 9.17) is 17.3 Å². The van der Waals surface area contributed by atoms with E-state index in [0.29, 0.717) is 72.1 Å². The van der Waals surface area contributed by atoms with Crippen molar-refractivity contribution in [1.29, 1.82) is 0 Å². The third kappa shape index (κ3) is 26.5. The summed E-state index contributed by atoms with van der Waals surface area (Å²) >= 11 is 6.25. The van der Waals surface area contributed by atoms with Crippen molar-refractivity contribution in [3.05, 3.63) is 173 Å². The van der Waals surface area contributed by atoms with Crippen molar-refractivity contribution in [2.45, 2.75) is 173 Å². The van der Waals surface area contributed by atoms with Gasteiger partial charge in [-0.1, -0.05) is 104 Å². The number of carbonyl (C=O) groups excluding carboxylic acids is 11. The van der Waals surface area contributed by atoms with Crippen LogP contribution >= 0.6 is 11.6 Å². The maximum Gasteiger partial charge on any atom is 0.245 e. The molecule has 3 heterocycles. The van der Waals surface area contributed by atoms with Crippen molar-refractivity contribution in [2.24, 2.45) is 16.6 Å². The number of primary amides is 1. The van der Waals surface area contributed by atoms with Gasteiger partial charge in [0.05, 0.1) is 6.61 Å². The van der Waals surface area contributed by atoms with Gasteiger partial charge in [-0.3, -0.25) is 67.7 Å². The van der Waals surface area contributed by atoms with Gasteiger partial charge in [-0.2, -0.15) is 0 Å². The van der Waals surface area contributed by atoms with E-state index in [2.05, 4.69) is 73.4 Å². The van der Waals surface area contributed by atoms with Crippen LogP contribution in [0.5, 0.6) is 5.75 Å².